The molecule has 1 aliphatic heterocycles. The molecule has 3 aromatic rings. The average Bonchev–Trinajstić information content (AvgIpc) is 3.30. The lowest BCUT2D eigenvalue weighted by Gasteiger charge is -2.18. The Bertz CT molecular complexity index is 947. The van der Waals surface area contributed by atoms with Crippen LogP contribution >= 0.6 is 0 Å². The van der Waals surface area contributed by atoms with Gasteiger partial charge in [-0.3, -0.25) is 4.79 Å². The first-order chi connectivity index (χ1) is 12.7. The minimum absolute atomic E-state index is 0.215. The van der Waals surface area contributed by atoms with Crippen molar-refractivity contribution in [2.75, 3.05) is 13.9 Å². The molecule has 1 aliphatic rings. The molecule has 1 aromatic heterocycles. The van der Waals surface area contributed by atoms with Crippen molar-refractivity contribution in [3.63, 3.8) is 0 Å². The van der Waals surface area contributed by atoms with Crippen LogP contribution in [-0.2, 0) is 4.79 Å². The lowest BCUT2D eigenvalue weighted by molar-refractivity contribution is -0.118. The van der Waals surface area contributed by atoms with Gasteiger partial charge in [0.05, 0.1) is 7.11 Å². The molecule has 2 aromatic carbocycles. The molecule has 2 heterocycles. The molecule has 0 saturated carbocycles. The number of aromatic nitrogens is 1. The fourth-order valence-electron chi connectivity index (χ4n) is 3.18. The van der Waals surface area contributed by atoms with Crippen LogP contribution in [0.5, 0.6) is 17.2 Å². The number of hydrogen-bond acceptors (Lipinski definition) is 4. The Hall–Kier alpha value is -3.41. The van der Waals surface area contributed by atoms with Crippen molar-refractivity contribution >= 4 is 5.91 Å². The first-order valence-electron chi connectivity index (χ1n) is 8.18. The molecule has 4 rings (SSSR count). The van der Waals surface area contributed by atoms with Gasteiger partial charge in [-0.05, 0) is 42.0 Å². The minimum atomic E-state index is -0.582. The standard InChI is InChI=1S/C20H18N2O4/c1-24-15-7-4-13(5-8-15)19(20(21)23)16-3-2-10-22(16)14-6-9-17-18(11-14)26-12-25-17/h2-11,19H,12H2,1H3,(H2,21,23). The Labute approximate surface area is 150 Å². The summed E-state index contributed by atoms with van der Waals surface area (Å²) in [6.07, 6.45) is 1.90. The molecule has 0 aliphatic carbocycles. The number of primary amides is 1. The molecule has 26 heavy (non-hydrogen) atoms. The Morgan fingerprint density at radius 1 is 1.12 bits per heavy atom. The Balaban J connectivity index is 1.76. The van der Waals surface area contributed by atoms with Gasteiger partial charge in [-0.25, -0.2) is 0 Å². The first kappa shape index (κ1) is 16.1. The summed E-state index contributed by atoms with van der Waals surface area (Å²) in [6.45, 7) is 0.215. The predicted octanol–water partition coefficient (Wildman–Crippen LogP) is 2.83. The molecule has 2 N–H and O–H groups in total. The van der Waals surface area contributed by atoms with Gasteiger partial charge < -0.3 is 24.5 Å². The number of nitrogens with two attached hydrogens (primary N) is 1. The third-order valence-corrected chi connectivity index (χ3v) is 4.44. The lowest BCUT2D eigenvalue weighted by atomic mass is 9.94. The summed E-state index contributed by atoms with van der Waals surface area (Å²) >= 11 is 0. The van der Waals surface area contributed by atoms with Gasteiger partial charge in [0.15, 0.2) is 11.5 Å². The highest BCUT2D eigenvalue weighted by atomic mass is 16.7. The molecule has 6 heteroatoms. The summed E-state index contributed by atoms with van der Waals surface area (Å²) in [6, 6.07) is 16.8. The molecule has 0 radical (unpaired) electrons. The molecule has 1 atom stereocenters. The monoisotopic (exact) mass is 350 g/mol. The fourth-order valence-corrected chi connectivity index (χ4v) is 3.18. The van der Waals surface area contributed by atoms with Gasteiger partial charge in [-0.15, -0.1) is 0 Å². The van der Waals surface area contributed by atoms with E-state index >= 15 is 0 Å². The van der Waals surface area contributed by atoms with Crippen molar-refractivity contribution in [3.8, 4) is 22.9 Å². The predicted molar refractivity (Wildman–Crippen MR) is 95.9 cm³/mol. The van der Waals surface area contributed by atoms with Crippen LogP contribution in [0.4, 0.5) is 0 Å². The maximum atomic E-state index is 12.3. The molecule has 132 valence electrons. The largest absolute Gasteiger partial charge is 0.497 e. The number of ether oxygens (including phenoxy) is 3. The highest BCUT2D eigenvalue weighted by molar-refractivity contribution is 5.85. The van der Waals surface area contributed by atoms with Crippen LogP contribution in [0, 0.1) is 0 Å². The van der Waals surface area contributed by atoms with Gasteiger partial charge in [-0.1, -0.05) is 12.1 Å². The van der Waals surface area contributed by atoms with Crippen LogP contribution in [-0.4, -0.2) is 24.4 Å². The summed E-state index contributed by atoms with van der Waals surface area (Å²) in [5.74, 6) is 1.12. The highest BCUT2D eigenvalue weighted by Crippen LogP contribution is 2.35. The summed E-state index contributed by atoms with van der Waals surface area (Å²) in [7, 11) is 1.60. The lowest BCUT2D eigenvalue weighted by Crippen LogP contribution is -2.24. The second-order valence-electron chi connectivity index (χ2n) is 5.95. The number of carbonyl (C=O) groups excluding carboxylic acids is 1. The van der Waals surface area contributed by atoms with E-state index in [2.05, 4.69) is 0 Å². The van der Waals surface area contributed by atoms with Crippen LogP contribution in [0.2, 0.25) is 0 Å². The van der Waals surface area contributed by atoms with E-state index in [9.17, 15) is 4.79 Å². The zero-order chi connectivity index (χ0) is 18.1. The number of methoxy groups -OCH3 is 1. The molecule has 1 unspecified atom stereocenters. The summed E-state index contributed by atoms with van der Waals surface area (Å²) in [5.41, 5.74) is 8.19. The first-order valence-corrected chi connectivity index (χ1v) is 8.18. The van der Waals surface area contributed by atoms with Gasteiger partial charge in [0.25, 0.3) is 0 Å². The van der Waals surface area contributed by atoms with Gasteiger partial charge in [0, 0.05) is 23.6 Å². The second-order valence-corrected chi connectivity index (χ2v) is 5.95. The van der Waals surface area contributed by atoms with Crippen molar-refractivity contribution in [2.24, 2.45) is 5.73 Å². The van der Waals surface area contributed by atoms with E-state index in [1.54, 1.807) is 7.11 Å². The van der Waals surface area contributed by atoms with E-state index in [0.29, 0.717) is 11.5 Å². The van der Waals surface area contributed by atoms with E-state index < -0.39 is 11.8 Å². The molecule has 6 nitrogen and oxygen atoms in total. The Kier molecular flexibility index (Phi) is 4.01. The maximum Gasteiger partial charge on any atom is 0.231 e. The van der Waals surface area contributed by atoms with E-state index in [1.165, 1.54) is 0 Å². The van der Waals surface area contributed by atoms with E-state index in [0.717, 1.165) is 22.7 Å². The number of rotatable bonds is 5. The fraction of sp³-hybridized carbons (Fsp3) is 0.150. The van der Waals surface area contributed by atoms with Crippen molar-refractivity contribution in [3.05, 3.63) is 72.1 Å². The smallest absolute Gasteiger partial charge is 0.231 e. The van der Waals surface area contributed by atoms with Crippen molar-refractivity contribution in [1.82, 2.24) is 4.57 Å². The normalized spacial score (nSPS) is 13.4. The number of hydrogen-bond donors (Lipinski definition) is 1. The van der Waals surface area contributed by atoms with Gasteiger partial charge in [0.2, 0.25) is 12.7 Å². The number of fused-ring (bicyclic) bond motifs is 1. The second kappa shape index (κ2) is 6.48. The molecule has 0 bridgehead atoms. The topological polar surface area (TPSA) is 75.7 Å². The highest BCUT2D eigenvalue weighted by Gasteiger charge is 2.24. The zero-order valence-corrected chi connectivity index (χ0v) is 14.2. The van der Waals surface area contributed by atoms with Gasteiger partial charge in [-0.2, -0.15) is 0 Å². The minimum Gasteiger partial charge on any atom is -0.497 e. The summed E-state index contributed by atoms with van der Waals surface area (Å²) < 4.78 is 17.9. The van der Waals surface area contributed by atoms with Gasteiger partial charge in [0.1, 0.15) is 11.7 Å². The summed E-state index contributed by atoms with van der Waals surface area (Å²) in [5, 5.41) is 0. The number of carbonyl (C=O) groups is 1. The zero-order valence-electron chi connectivity index (χ0n) is 14.2. The van der Waals surface area contributed by atoms with E-state index in [1.807, 2.05) is 65.4 Å². The Morgan fingerprint density at radius 3 is 2.62 bits per heavy atom. The molecular formula is C20H18N2O4. The van der Waals surface area contributed by atoms with Crippen LogP contribution in [0.3, 0.4) is 0 Å². The third-order valence-electron chi connectivity index (χ3n) is 4.44. The van der Waals surface area contributed by atoms with Crippen LogP contribution in [0.1, 0.15) is 17.2 Å². The molecule has 0 spiro atoms. The third kappa shape index (κ3) is 2.75. The van der Waals surface area contributed by atoms with Crippen molar-refractivity contribution in [1.29, 1.82) is 0 Å². The molecular weight excluding hydrogens is 332 g/mol. The van der Waals surface area contributed by atoms with E-state index in [4.69, 9.17) is 19.9 Å². The molecule has 0 saturated heterocycles. The SMILES string of the molecule is COc1ccc(C(C(N)=O)c2cccn2-c2ccc3c(c2)OCO3)cc1. The Morgan fingerprint density at radius 2 is 1.88 bits per heavy atom. The average molecular weight is 350 g/mol. The van der Waals surface area contributed by atoms with Crippen molar-refractivity contribution < 1.29 is 19.0 Å². The molecule has 0 fully saturated rings. The van der Waals surface area contributed by atoms with Crippen LogP contribution in [0.25, 0.3) is 5.69 Å². The number of amides is 1. The van der Waals surface area contributed by atoms with Gasteiger partial charge >= 0.3 is 0 Å². The quantitative estimate of drug-likeness (QED) is 0.768. The summed E-state index contributed by atoms with van der Waals surface area (Å²) in [4.78, 5) is 12.3. The van der Waals surface area contributed by atoms with Crippen LogP contribution in [0.15, 0.2) is 60.8 Å². The number of benzene rings is 2. The van der Waals surface area contributed by atoms with Crippen molar-refractivity contribution in [2.45, 2.75) is 5.92 Å². The van der Waals surface area contributed by atoms with E-state index in [-0.39, 0.29) is 6.79 Å². The number of nitrogens with zero attached hydrogens (tertiary/aromatic N) is 1. The molecule has 1 amide bonds. The van der Waals surface area contributed by atoms with Crippen LogP contribution < -0.4 is 19.9 Å². The maximum absolute atomic E-state index is 12.3.